The number of benzene rings is 1. The standard InChI is InChI=1S/C28H41N3O4S/c1-5-10-18(3)30-25(34)23-28-14-13-27(4,36-28)21(24(33)29-15-6-2)22(28)26(35)31(23)20(17-32)16-19-11-8-7-9-12-19/h7-9,11-12,18,20-23,32H,5-6,10,13-17H2,1-4H3,(H,29,33)(H,30,34)/t18?,20-,21-,22+,23?,27+,28?/m1/s1. The quantitative estimate of drug-likeness (QED) is 0.421. The van der Waals surface area contributed by atoms with E-state index < -0.39 is 28.7 Å². The van der Waals surface area contributed by atoms with Gasteiger partial charge in [0.25, 0.3) is 0 Å². The third-order valence-electron chi connectivity index (χ3n) is 8.32. The molecule has 0 saturated carbocycles. The van der Waals surface area contributed by atoms with Gasteiger partial charge in [-0.3, -0.25) is 14.4 Å². The first-order chi connectivity index (χ1) is 17.2. The molecule has 36 heavy (non-hydrogen) atoms. The zero-order chi connectivity index (χ0) is 26.1. The summed E-state index contributed by atoms with van der Waals surface area (Å²) in [5.74, 6) is -1.47. The molecule has 3 amide bonds. The second kappa shape index (κ2) is 10.7. The molecule has 3 unspecified atom stereocenters. The molecule has 1 spiro atoms. The molecule has 2 bridgehead atoms. The van der Waals surface area contributed by atoms with Gasteiger partial charge in [0.05, 0.1) is 29.2 Å². The number of rotatable bonds is 11. The minimum absolute atomic E-state index is 0.0144. The van der Waals surface area contributed by atoms with Crippen LogP contribution in [0.4, 0.5) is 0 Å². The molecule has 0 radical (unpaired) electrons. The van der Waals surface area contributed by atoms with E-state index >= 15 is 0 Å². The number of aliphatic hydroxyl groups is 1. The second-order valence-electron chi connectivity index (χ2n) is 11.0. The maximum absolute atomic E-state index is 14.3. The van der Waals surface area contributed by atoms with Crippen LogP contribution in [0.2, 0.25) is 0 Å². The van der Waals surface area contributed by atoms with Crippen molar-refractivity contribution < 1.29 is 19.5 Å². The van der Waals surface area contributed by atoms with E-state index in [4.69, 9.17) is 0 Å². The van der Waals surface area contributed by atoms with E-state index in [1.165, 1.54) is 0 Å². The molecule has 198 valence electrons. The number of likely N-dealkylation sites (tertiary alicyclic amines) is 1. The Hall–Kier alpha value is -2.06. The Morgan fingerprint density at radius 2 is 1.89 bits per heavy atom. The topological polar surface area (TPSA) is 98.7 Å². The number of fused-ring (bicyclic) bond motifs is 1. The van der Waals surface area contributed by atoms with Crippen LogP contribution in [0.15, 0.2) is 30.3 Å². The number of nitrogens with one attached hydrogen (secondary N) is 2. The molecule has 0 aliphatic carbocycles. The fourth-order valence-electron chi connectivity index (χ4n) is 6.78. The highest BCUT2D eigenvalue weighted by atomic mass is 32.2. The van der Waals surface area contributed by atoms with Crippen molar-refractivity contribution in [1.82, 2.24) is 15.5 Å². The van der Waals surface area contributed by atoms with E-state index in [-0.39, 0.29) is 35.1 Å². The van der Waals surface area contributed by atoms with Gasteiger partial charge in [0, 0.05) is 17.3 Å². The molecular weight excluding hydrogens is 474 g/mol. The average molecular weight is 516 g/mol. The van der Waals surface area contributed by atoms with Crippen LogP contribution in [0.25, 0.3) is 0 Å². The summed E-state index contributed by atoms with van der Waals surface area (Å²) in [6, 6.07) is 8.49. The van der Waals surface area contributed by atoms with Gasteiger partial charge in [-0.2, -0.15) is 0 Å². The fourth-order valence-corrected chi connectivity index (χ4v) is 9.12. The zero-order valence-corrected chi connectivity index (χ0v) is 22.8. The van der Waals surface area contributed by atoms with Crippen molar-refractivity contribution in [2.45, 2.75) is 93.8 Å². The molecule has 3 saturated heterocycles. The SMILES string of the molecule is CCCNC(=O)[C@H]1[C@H]2C(=O)N([C@@H](CO)Cc3ccccc3)C(C(=O)NC(C)CCC)C23CC[C@]1(C)S3. The Labute approximate surface area is 219 Å². The molecule has 1 aromatic carbocycles. The third-order valence-corrected chi connectivity index (χ3v) is 10.3. The number of aliphatic hydroxyl groups excluding tert-OH is 1. The molecule has 3 heterocycles. The first kappa shape index (κ1) is 27.0. The van der Waals surface area contributed by atoms with Crippen LogP contribution in [0.1, 0.15) is 65.4 Å². The van der Waals surface area contributed by atoms with E-state index in [1.807, 2.05) is 44.2 Å². The van der Waals surface area contributed by atoms with Crippen molar-refractivity contribution in [1.29, 1.82) is 0 Å². The minimum atomic E-state index is -0.717. The number of nitrogens with zero attached hydrogens (tertiary/aromatic N) is 1. The number of thioether (sulfide) groups is 1. The highest BCUT2D eigenvalue weighted by Crippen LogP contribution is 2.71. The number of carbonyl (C=O) groups is 3. The summed E-state index contributed by atoms with van der Waals surface area (Å²) in [5.41, 5.74) is 0.999. The summed E-state index contributed by atoms with van der Waals surface area (Å²) in [4.78, 5) is 43.3. The average Bonchev–Trinajstić information content (AvgIpc) is 3.42. The molecule has 7 atom stereocenters. The van der Waals surface area contributed by atoms with Crippen LogP contribution in [0, 0.1) is 11.8 Å². The van der Waals surface area contributed by atoms with Gasteiger partial charge in [-0.25, -0.2) is 0 Å². The van der Waals surface area contributed by atoms with Crippen LogP contribution in [0.5, 0.6) is 0 Å². The van der Waals surface area contributed by atoms with E-state index in [1.54, 1.807) is 16.7 Å². The molecular formula is C28H41N3O4S. The molecule has 8 heteroatoms. The van der Waals surface area contributed by atoms with Gasteiger partial charge >= 0.3 is 0 Å². The first-order valence-corrected chi connectivity index (χ1v) is 14.3. The lowest BCUT2D eigenvalue weighted by atomic mass is 9.66. The lowest BCUT2D eigenvalue weighted by Gasteiger charge is -2.37. The summed E-state index contributed by atoms with van der Waals surface area (Å²) in [6.45, 7) is 8.49. The Bertz CT molecular complexity index is 975. The number of amides is 3. The molecule has 3 aliphatic rings. The van der Waals surface area contributed by atoms with Gasteiger partial charge < -0.3 is 20.6 Å². The van der Waals surface area contributed by atoms with Gasteiger partial charge in [0.2, 0.25) is 17.7 Å². The lowest BCUT2D eigenvalue weighted by Crippen LogP contribution is -2.58. The molecule has 1 aromatic rings. The van der Waals surface area contributed by atoms with E-state index in [0.717, 1.165) is 31.2 Å². The van der Waals surface area contributed by atoms with Crippen molar-refractivity contribution in [3.8, 4) is 0 Å². The Morgan fingerprint density at radius 1 is 1.17 bits per heavy atom. The van der Waals surface area contributed by atoms with Crippen molar-refractivity contribution in [3.63, 3.8) is 0 Å². The molecule has 3 N–H and O–H groups in total. The van der Waals surface area contributed by atoms with Crippen molar-refractivity contribution in [2.24, 2.45) is 11.8 Å². The summed E-state index contributed by atoms with van der Waals surface area (Å²) in [5, 5.41) is 16.7. The van der Waals surface area contributed by atoms with Crippen molar-refractivity contribution in [2.75, 3.05) is 13.2 Å². The largest absolute Gasteiger partial charge is 0.394 e. The third kappa shape index (κ3) is 4.55. The van der Waals surface area contributed by atoms with Crippen LogP contribution in [-0.2, 0) is 20.8 Å². The summed E-state index contributed by atoms with van der Waals surface area (Å²) >= 11 is 1.67. The molecule has 7 nitrogen and oxygen atoms in total. The summed E-state index contributed by atoms with van der Waals surface area (Å²) in [7, 11) is 0. The normalized spacial score (nSPS) is 32.3. The molecule has 4 rings (SSSR count). The van der Waals surface area contributed by atoms with E-state index in [0.29, 0.717) is 19.4 Å². The van der Waals surface area contributed by atoms with Crippen LogP contribution in [0.3, 0.4) is 0 Å². The maximum atomic E-state index is 14.3. The minimum Gasteiger partial charge on any atom is -0.394 e. The molecule has 0 aromatic heterocycles. The smallest absolute Gasteiger partial charge is 0.244 e. The number of hydrogen-bond donors (Lipinski definition) is 3. The second-order valence-corrected chi connectivity index (χ2v) is 12.9. The predicted molar refractivity (Wildman–Crippen MR) is 142 cm³/mol. The predicted octanol–water partition coefficient (Wildman–Crippen LogP) is 2.90. The van der Waals surface area contributed by atoms with Crippen LogP contribution in [-0.4, -0.2) is 68.5 Å². The van der Waals surface area contributed by atoms with Crippen molar-refractivity contribution >= 4 is 29.5 Å². The Morgan fingerprint density at radius 3 is 2.53 bits per heavy atom. The van der Waals surface area contributed by atoms with Gasteiger partial charge in [-0.1, -0.05) is 50.6 Å². The highest BCUT2D eigenvalue weighted by molar-refractivity contribution is 8.02. The Balaban J connectivity index is 1.74. The highest BCUT2D eigenvalue weighted by Gasteiger charge is 2.77. The first-order valence-electron chi connectivity index (χ1n) is 13.5. The maximum Gasteiger partial charge on any atom is 0.244 e. The van der Waals surface area contributed by atoms with E-state index in [9.17, 15) is 19.5 Å². The van der Waals surface area contributed by atoms with Gasteiger partial charge in [0.1, 0.15) is 6.04 Å². The van der Waals surface area contributed by atoms with Gasteiger partial charge in [0.15, 0.2) is 0 Å². The van der Waals surface area contributed by atoms with Gasteiger partial charge in [-0.05, 0) is 51.5 Å². The summed E-state index contributed by atoms with van der Waals surface area (Å²) in [6.07, 6.45) is 4.57. The van der Waals surface area contributed by atoms with Crippen molar-refractivity contribution in [3.05, 3.63) is 35.9 Å². The number of hydrogen-bond acceptors (Lipinski definition) is 5. The van der Waals surface area contributed by atoms with Crippen LogP contribution < -0.4 is 10.6 Å². The van der Waals surface area contributed by atoms with E-state index in [2.05, 4.69) is 24.5 Å². The monoisotopic (exact) mass is 515 g/mol. The fraction of sp³-hybridized carbons (Fsp3) is 0.679. The lowest BCUT2D eigenvalue weighted by molar-refractivity contribution is -0.143. The van der Waals surface area contributed by atoms with Gasteiger partial charge in [-0.15, -0.1) is 11.8 Å². The molecule has 3 aliphatic heterocycles. The Kier molecular flexibility index (Phi) is 8.05. The van der Waals surface area contributed by atoms with Crippen LogP contribution >= 0.6 is 11.8 Å². The number of carbonyl (C=O) groups excluding carboxylic acids is 3. The summed E-state index contributed by atoms with van der Waals surface area (Å²) < 4.78 is -1.05. The molecule has 3 fully saturated rings. The zero-order valence-electron chi connectivity index (χ0n) is 22.0.